The smallest absolute Gasteiger partial charge is 0.264 e. The summed E-state index contributed by atoms with van der Waals surface area (Å²) < 4.78 is 1.16. The minimum atomic E-state index is 0.121. The number of phenols is 1. The van der Waals surface area contributed by atoms with Gasteiger partial charge in [-0.1, -0.05) is 30.3 Å². The van der Waals surface area contributed by atoms with E-state index in [1.54, 1.807) is 17.4 Å². The molecule has 0 radical (unpaired) electrons. The maximum atomic E-state index is 13.0. The molecule has 4 rings (SSSR count). The highest BCUT2D eigenvalue weighted by atomic mass is 32.1. The molecule has 0 atom stereocenters. The Morgan fingerprint density at radius 1 is 1.00 bits per heavy atom. The second-order valence-corrected chi connectivity index (χ2v) is 7.37. The number of piperazine rings is 1. The van der Waals surface area contributed by atoms with Crippen LogP contribution in [0.5, 0.6) is 5.75 Å². The van der Waals surface area contributed by atoms with Gasteiger partial charge in [0.1, 0.15) is 5.75 Å². The second-order valence-electron chi connectivity index (χ2n) is 6.32. The van der Waals surface area contributed by atoms with E-state index in [2.05, 4.69) is 17.0 Å². The third kappa shape index (κ3) is 2.85. The molecule has 25 heavy (non-hydrogen) atoms. The number of rotatable bonds is 2. The lowest BCUT2D eigenvalue weighted by Crippen LogP contribution is -2.48. The standard InChI is InChI=1S/C20H20N2O2S/c1-14-15-6-2-5-9-18(15)25-19(14)20(24)22-12-10-21(11-13-22)16-7-3-4-8-17(16)23/h2-9,23H,10-13H2,1H3. The Labute approximate surface area is 150 Å². The highest BCUT2D eigenvalue weighted by molar-refractivity contribution is 7.21. The van der Waals surface area contributed by atoms with Crippen LogP contribution in [-0.2, 0) is 0 Å². The SMILES string of the molecule is Cc1c(C(=O)N2CCN(c3ccccc3O)CC2)sc2ccccc12. The van der Waals surface area contributed by atoms with Gasteiger partial charge in [0.15, 0.2) is 0 Å². The third-order valence-electron chi connectivity index (χ3n) is 4.83. The Hall–Kier alpha value is -2.53. The predicted molar refractivity (Wildman–Crippen MR) is 103 cm³/mol. The van der Waals surface area contributed by atoms with Crippen molar-refractivity contribution < 1.29 is 9.90 Å². The van der Waals surface area contributed by atoms with Crippen molar-refractivity contribution in [3.05, 3.63) is 59.0 Å². The average Bonchev–Trinajstić information content (AvgIpc) is 2.99. The summed E-state index contributed by atoms with van der Waals surface area (Å²) in [5.74, 6) is 0.415. The van der Waals surface area contributed by atoms with Gasteiger partial charge in [0.25, 0.3) is 5.91 Å². The number of fused-ring (bicyclic) bond motifs is 1. The van der Waals surface area contributed by atoms with E-state index in [0.29, 0.717) is 18.8 Å². The van der Waals surface area contributed by atoms with Crippen LogP contribution in [0.3, 0.4) is 0 Å². The number of phenolic OH excluding ortho intramolecular Hbond substituents is 1. The van der Waals surface area contributed by atoms with Crippen molar-refractivity contribution in [1.29, 1.82) is 0 Å². The zero-order valence-corrected chi connectivity index (χ0v) is 14.9. The number of benzene rings is 2. The molecular weight excluding hydrogens is 332 g/mol. The van der Waals surface area contributed by atoms with Gasteiger partial charge in [0.05, 0.1) is 10.6 Å². The number of anilines is 1. The molecule has 1 aliphatic rings. The fourth-order valence-corrected chi connectivity index (χ4v) is 4.58. The molecule has 2 heterocycles. The summed E-state index contributed by atoms with van der Waals surface area (Å²) in [6.45, 7) is 4.83. The highest BCUT2D eigenvalue weighted by Gasteiger charge is 2.26. The van der Waals surface area contributed by atoms with E-state index >= 15 is 0 Å². The molecule has 1 fully saturated rings. The zero-order chi connectivity index (χ0) is 17.4. The summed E-state index contributed by atoms with van der Waals surface area (Å²) in [4.78, 5) is 17.9. The van der Waals surface area contributed by atoms with Gasteiger partial charge >= 0.3 is 0 Å². The summed E-state index contributed by atoms with van der Waals surface area (Å²) in [7, 11) is 0. The van der Waals surface area contributed by atoms with Crippen LogP contribution in [0.25, 0.3) is 10.1 Å². The molecule has 1 amide bonds. The van der Waals surface area contributed by atoms with E-state index in [0.717, 1.165) is 33.9 Å². The largest absolute Gasteiger partial charge is 0.506 e. The maximum Gasteiger partial charge on any atom is 0.264 e. The van der Waals surface area contributed by atoms with Crippen molar-refractivity contribution in [1.82, 2.24) is 4.90 Å². The normalized spacial score (nSPS) is 14.9. The molecule has 1 saturated heterocycles. The van der Waals surface area contributed by atoms with Crippen LogP contribution in [-0.4, -0.2) is 42.1 Å². The second kappa shape index (κ2) is 6.41. The first-order valence-corrected chi connectivity index (χ1v) is 9.27. The first kappa shape index (κ1) is 16.0. The number of para-hydroxylation sites is 2. The van der Waals surface area contributed by atoms with Gasteiger partial charge in [-0.25, -0.2) is 0 Å². The number of amides is 1. The Balaban J connectivity index is 1.51. The Bertz CT molecular complexity index is 926. The zero-order valence-electron chi connectivity index (χ0n) is 14.1. The van der Waals surface area contributed by atoms with Crippen molar-refractivity contribution >= 4 is 33.0 Å². The summed E-state index contributed by atoms with van der Waals surface area (Å²) in [6.07, 6.45) is 0. The van der Waals surface area contributed by atoms with E-state index in [4.69, 9.17) is 0 Å². The lowest BCUT2D eigenvalue weighted by molar-refractivity contribution is 0.0751. The number of hydrogen-bond donors (Lipinski definition) is 1. The predicted octanol–water partition coefficient (Wildman–Crippen LogP) is 3.88. The molecule has 1 aromatic heterocycles. The third-order valence-corrected chi connectivity index (χ3v) is 6.09. The molecule has 0 unspecified atom stereocenters. The number of aryl methyl sites for hydroxylation is 1. The Kier molecular flexibility index (Phi) is 4.09. The number of hydrogen-bond acceptors (Lipinski definition) is 4. The average molecular weight is 352 g/mol. The van der Waals surface area contributed by atoms with E-state index < -0.39 is 0 Å². The fourth-order valence-electron chi connectivity index (χ4n) is 3.40. The van der Waals surface area contributed by atoms with E-state index in [9.17, 15) is 9.90 Å². The van der Waals surface area contributed by atoms with E-state index in [1.807, 2.05) is 42.2 Å². The van der Waals surface area contributed by atoms with Gasteiger partial charge in [0, 0.05) is 30.9 Å². The molecule has 5 heteroatoms. The molecule has 0 bridgehead atoms. The van der Waals surface area contributed by atoms with Crippen LogP contribution in [0.15, 0.2) is 48.5 Å². The van der Waals surface area contributed by atoms with Crippen molar-refractivity contribution in [3.8, 4) is 5.75 Å². The monoisotopic (exact) mass is 352 g/mol. The minimum absolute atomic E-state index is 0.121. The number of carbonyl (C=O) groups is 1. The first-order chi connectivity index (χ1) is 12.1. The number of aromatic hydroxyl groups is 1. The molecule has 4 nitrogen and oxygen atoms in total. The van der Waals surface area contributed by atoms with Crippen molar-refractivity contribution in [2.24, 2.45) is 0 Å². The summed E-state index contributed by atoms with van der Waals surface area (Å²) in [5.41, 5.74) is 1.92. The summed E-state index contributed by atoms with van der Waals surface area (Å²) >= 11 is 1.58. The fraction of sp³-hybridized carbons (Fsp3) is 0.250. The number of thiophene rings is 1. The quantitative estimate of drug-likeness (QED) is 0.761. The number of carbonyl (C=O) groups excluding carboxylic acids is 1. The topological polar surface area (TPSA) is 43.8 Å². The molecule has 0 aliphatic carbocycles. The van der Waals surface area contributed by atoms with Crippen LogP contribution in [0.1, 0.15) is 15.2 Å². The first-order valence-electron chi connectivity index (χ1n) is 8.45. The van der Waals surface area contributed by atoms with Gasteiger partial charge in [-0.15, -0.1) is 11.3 Å². The van der Waals surface area contributed by atoms with Crippen LogP contribution >= 0.6 is 11.3 Å². The lowest BCUT2D eigenvalue weighted by atomic mass is 10.1. The minimum Gasteiger partial charge on any atom is -0.506 e. The Morgan fingerprint density at radius 2 is 1.68 bits per heavy atom. The van der Waals surface area contributed by atoms with Crippen LogP contribution in [0.4, 0.5) is 5.69 Å². The van der Waals surface area contributed by atoms with Crippen LogP contribution in [0.2, 0.25) is 0 Å². The molecule has 0 saturated carbocycles. The highest BCUT2D eigenvalue weighted by Crippen LogP contribution is 2.32. The van der Waals surface area contributed by atoms with Crippen LogP contribution in [0, 0.1) is 6.92 Å². The van der Waals surface area contributed by atoms with Crippen LogP contribution < -0.4 is 4.90 Å². The molecular formula is C20H20N2O2S. The summed E-state index contributed by atoms with van der Waals surface area (Å²) in [6, 6.07) is 15.5. The van der Waals surface area contributed by atoms with Gasteiger partial charge < -0.3 is 14.9 Å². The summed E-state index contributed by atoms with van der Waals surface area (Å²) in [5, 5.41) is 11.2. The number of nitrogens with zero attached hydrogens (tertiary/aromatic N) is 2. The molecule has 3 aromatic rings. The van der Waals surface area contributed by atoms with Crippen molar-refractivity contribution in [2.75, 3.05) is 31.1 Å². The van der Waals surface area contributed by atoms with Gasteiger partial charge in [-0.05, 0) is 36.1 Å². The van der Waals surface area contributed by atoms with Gasteiger partial charge in [-0.3, -0.25) is 4.79 Å². The van der Waals surface area contributed by atoms with Crippen molar-refractivity contribution in [2.45, 2.75) is 6.92 Å². The molecule has 128 valence electrons. The maximum absolute atomic E-state index is 13.0. The van der Waals surface area contributed by atoms with E-state index in [-0.39, 0.29) is 5.91 Å². The molecule has 2 aromatic carbocycles. The molecule has 0 spiro atoms. The van der Waals surface area contributed by atoms with Crippen molar-refractivity contribution in [3.63, 3.8) is 0 Å². The van der Waals surface area contributed by atoms with Gasteiger partial charge in [-0.2, -0.15) is 0 Å². The lowest BCUT2D eigenvalue weighted by Gasteiger charge is -2.36. The van der Waals surface area contributed by atoms with Gasteiger partial charge in [0.2, 0.25) is 0 Å². The molecule has 1 N–H and O–H groups in total. The van der Waals surface area contributed by atoms with E-state index in [1.165, 1.54) is 5.39 Å². The molecule has 1 aliphatic heterocycles. The Morgan fingerprint density at radius 3 is 2.40 bits per heavy atom.